The second-order valence-electron chi connectivity index (χ2n) is 5.47. The summed E-state index contributed by atoms with van der Waals surface area (Å²) in [6, 6.07) is 6.92. The molecule has 0 saturated carbocycles. The number of hydrogen-bond donors (Lipinski definition) is 2. The summed E-state index contributed by atoms with van der Waals surface area (Å²) >= 11 is 0. The molecule has 1 aromatic rings. The van der Waals surface area contributed by atoms with Crippen LogP contribution in [0.3, 0.4) is 0 Å². The van der Waals surface area contributed by atoms with Gasteiger partial charge in [-0.2, -0.15) is 0 Å². The number of nitrogens with one attached hydrogen (secondary N) is 1. The van der Waals surface area contributed by atoms with Crippen molar-refractivity contribution in [2.75, 3.05) is 0 Å². The largest absolute Gasteiger partial charge is 0.385 e. The Hall–Kier alpha value is -1.00. The zero-order valence-corrected chi connectivity index (χ0v) is 10.1. The smallest absolute Gasteiger partial charge is 0.264 e. The molecule has 0 aromatic heterocycles. The normalized spacial score (nSPS) is 35.1. The molecule has 2 N–H and O–H groups in total. The minimum atomic E-state index is -2.53. The second-order valence-corrected chi connectivity index (χ2v) is 5.47. The molecule has 1 aromatic carbocycles. The SMILES string of the molecule is OC1(c2ccccc2C(F)F)CC2CCC(C1)N2. The number of hydrogen-bond acceptors (Lipinski definition) is 2. The molecule has 2 atom stereocenters. The first-order valence-corrected chi connectivity index (χ1v) is 6.44. The van der Waals surface area contributed by atoms with Gasteiger partial charge in [-0.3, -0.25) is 0 Å². The Bertz CT molecular complexity index is 437. The zero-order chi connectivity index (χ0) is 12.8. The molecule has 98 valence electrons. The molecule has 0 aliphatic carbocycles. The first kappa shape index (κ1) is 12.1. The molecule has 0 spiro atoms. The molecule has 3 rings (SSSR count). The van der Waals surface area contributed by atoms with E-state index in [-0.39, 0.29) is 17.6 Å². The monoisotopic (exact) mass is 253 g/mol. The first-order chi connectivity index (χ1) is 8.58. The average molecular weight is 253 g/mol. The van der Waals surface area contributed by atoms with E-state index in [9.17, 15) is 13.9 Å². The number of piperidine rings is 1. The minimum absolute atomic E-state index is 0.0266. The third-order valence-corrected chi connectivity index (χ3v) is 4.20. The van der Waals surface area contributed by atoms with Crippen LogP contribution in [0.1, 0.15) is 43.2 Å². The summed E-state index contributed by atoms with van der Waals surface area (Å²) in [6.07, 6.45) is 0.603. The van der Waals surface area contributed by atoms with Crippen molar-refractivity contribution in [3.05, 3.63) is 35.4 Å². The topological polar surface area (TPSA) is 32.3 Å². The molecule has 2 aliphatic rings. The van der Waals surface area contributed by atoms with Crippen molar-refractivity contribution in [3.63, 3.8) is 0 Å². The highest BCUT2D eigenvalue weighted by atomic mass is 19.3. The molecular weight excluding hydrogens is 236 g/mol. The molecular formula is C14H17F2NO. The molecule has 2 unspecified atom stereocenters. The third-order valence-electron chi connectivity index (χ3n) is 4.20. The van der Waals surface area contributed by atoms with Crippen molar-refractivity contribution >= 4 is 0 Å². The molecule has 0 radical (unpaired) electrons. The Kier molecular flexibility index (Phi) is 2.87. The first-order valence-electron chi connectivity index (χ1n) is 6.44. The van der Waals surface area contributed by atoms with E-state index in [0.29, 0.717) is 18.4 Å². The van der Waals surface area contributed by atoms with Crippen LogP contribution in [-0.4, -0.2) is 17.2 Å². The van der Waals surface area contributed by atoms with Gasteiger partial charge in [0.2, 0.25) is 0 Å². The van der Waals surface area contributed by atoms with Gasteiger partial charge in [-0.1, -0.05) is 24.3 Å². The van der Waals surface area contributed by atoms with Crippen molar-refractivity contribution in [2.24, 2.45) is 0 Å². The third kappa shape index (κ3) is 1.93. The van der Waals surface area contributed by atoms with Crippen molar-refractivity contribution in [1.82, 2.24) is 5.32 Å². The minimum Gasteiger partial charge on any atom is -0.385 e. The highest BCUT2D eigenvalue weighted by molar-refractivity contribution is 5.34. The van der Waals surface area contributed by atoms with Gasteiger partial charge in [-0.15, -0.1) is 0 Å². The van der Waals surface area contributed by atoms with Crippen molar-refractivity contribution in [1.29, 1.82) is 0 Å². The van der Waals surface area contributed by atoms with Crippen LogP contribution < -0.4 is 5.32 Å². The maximum atomic E-state index is 13.0. The highest BCUT2D eigenvalue weighted by Gasteiger charge is 2.44. The predicted molar refractivity (Wildman–Crippen MR) is 64.5 cm³/mol. The number of aliphatic hydroxyl groups is 1. The van der Waals surface area contributed by atoms with E-state index >= 15 is 0 Å². The van der Waals surface area contributed by atoms with Gasteiger partial charge in [0.1, 0.15) is 0 Å². The number of benzene rings is 1. The molecule has 18 heavy (non-hydrogen) atoms. The Morgan fingerprint density at radius 1 is 1.17 bits per heavy atom. The lowest BCUT2D eigenvalue weighted by molar-refractivity contribution is -0.0149. The van der Waals surface area contributed by atoms with Gasteiger partial charge in [0, 0.05) is 17.6 Å². The summed E-state index contributed by atoms with van der Waals surface area (Å²) in [4.78, 5) is 0. The fourth-order valence-corrected chi connectivity index (χ4v) is 3.45. The van der Waals surface area contributed by atoms with Gasteiger partial charge < -0.3 is 10.4 Å². The highest BCUT2D eigenvalue weighted by Crippen LogP contribution is 2.43. The van der Waals surface area contributed by atoms with Crippen molar-refractivity contribution < 1.29 is 13.9 Å². The summed E-state index contributed by atoms with van der Waals surface area (Å²) < 4.78 is 26.1. The standard InChI is InChI=1S/C14H17F2NO/c15-13(16)11-3-1-2-4-12(11)14(18)7-9-5-6-10(8-14)17-9/h1-4,9-10,13,17-18H,5-8H2. The Labute approximate surface area is 105 Å². The van der Waals surface area contributed by atoms with Gasteiger partial charge in [0.25, 0.3) is 6.43 Å². The Morgan fingerprint density at radius 2 is 1.78 bits per heavy atom. The second kappa shape index (κ2) is 4.28. The summed E-state index contributed by atoms with van der Waals surface area (Å²) in [5, 5.41) is 14.2. The maximum absolute atomic E-state index is 13.0. The van der Waals surface area contributed by atoms with Crippen LogP contribution in [0.15, 0.2) is 24.3 Å². The van der Waals surface area contributed by atoms with E-state index in [0.717, 1.165) is 12.8 Å². The van der Waals surface area contributed by atoms with Crippen LogP contribution in [0.2, 0.25) is 0 Å². The average Bonchev–Trinajstić information content (AvgIpc) is 2.69. The molecule has 2 nitrogen and oxygen atoms in total. The number of alkyl halides is 2. The maximum Gasteiger partial charge on any atom is 0.264 e. The van der Waals surface area contributed by atoms with E-state index < -0.39 is 12.0 Å². The molecule has 2 heterocycles. The number of rotatable bonds is 2. The fraction of sp³-hybridized carbons (Fsp3) is 0.571. The molecule has 2 fully saturated rings. The summed E-state index contributed by atoms with van der Waals surface area (Å²) in [5.41, 5.74) is -0.705. The van der Waals surface area contributed by atoms with Gasteiger partial charge in [-0.05, 0) is 31.2 Å². The van der Waals surface area contributed by atoms with Crippen LogP contribution >= 0.6 is 0 Å². The Morgan fingerprint density at radius 3 is 2.39 bits per heavy atom. The van der Waals surface area contributed by atoms with Gasteiger partial charge in [0.15, 0.2) is 0 Å². The van der Waals surface area contributed by atoms with Crippen LogP contribution in [0.5, 0.6) is 0 Å². The predicted octanol–water partition coefficient (Wildman–Crippen LogP) is 2.73. The number of fused-ring (bicyclic) bond motifs is 2. The molecule has 4 heteroatoms. The summed E-state index contributed by atoms with van der Waals surface area (Å²) in [5.74, 6) is 0. The van der Waals surface area contributed by atoms with Crippen LogP contribution in [0.4, 0.5) is 8.78 Å². The summed E-state index contributed by atoms with van der Waals surface area (Å²) in [6.45, 7) is 0. The lowest BCUT2D eigenvalue weighted by Gasteiger charge is -2.38. The van der Waals surface area contributed by atoms with E-state index in [2.05, 4.69) is 5.32 Å². The van der Waals surface area contributed by atoms with Gasteiger partial charge >= 0.3 is 0 Å². The van der Waals surface area contributed by atoms with Crippen LogP contribution in [0, 0.1) is 0 Å². The molecule has 2 aliphatic heterocycles. The fourth-order valence-electron chi connectivity index (χ4n) is 3.45. The van der Waals surface area contributed by atoms with E-state index in [1.165, 1.54) is 6.07 Å². The number of halogens is 2. The van der Waals surface area contributed by atoms with Crippen LogP contribution in [-0.2, 0) is 5.60 Å². The Balaban J connectivity index is 1.98. The van der Waals surface area contributed by atoms with E-state index in [1.807, 2.05) is 0 Å². The quantitative estimate of drug-likeness (QED) is 0.849. The van der Waals surface area contributed by atoms with Crippen LogP contribution in [0.25, 0.3) is 0 Å². The van der Waals surface area contributed by atoms with Crippen molar-refractivity contribution in [2.45, 2.75) is 49.8 Å². The van der Waals surface area contributed by atoms with Gasteiger partial charge in [-0.25, -0.2) is 8.78 Å². The molecule has 0 amide bonds. The lowest BCUT2D eigenvalue weighted by Crippen LogP contribution is -2.47. The lowest BCUT2D eigenvalue weighted by atomic mass is 9.79. The van der Waals surface area contributed by atoms with E-state index in [1.54, 1.807) is 18.2 Å². The summed E-state index contributed by atoms with van der Waals surface area (Å²) in [7, 11) is 0. The van der Waals surface area contributed by atoms with Crippen molar-refractivity contribution in [3.8, 4) is 0 Å². The van der Waals surface area contributed by atoms with E-state index in [4.69, 9.17) is 0 Å². The molecule has 2 bridgehead atoms. The van der Waals surface area contributed by atoms with Gasteiger partial charge in [0.05, 0.1) is 5.60 Å². The molecule has 2 saturated heterocycles. The zero-order valence-electron chi connectivity index (χ0n) is 10.1.